The highest BCUT2D eigenvalue weighted by molar-refractivity contribution is 8.01. The van der Waals surface area contributed by atoms with Crippen LogP contribution in [0.25, 0.3) is 11.3 Å². The summed E-state index contributed by atoms with van der Waals surface area (Å²) in [7, 11) is 1.52. The molecule has 0 saturated carbocycles. The van der Waals surface area contributed by atoms with Crippen molar-refractivity contribution in [2.75, 3.05) is 32.6 Å². The second kappa shape index (κ2) is 13.9. The maximum Gasteiger partial charge on any atom is 0.260 e. The lowest BCUT2D eigenvalue weighted by Crippen LogP contribution is -2.34. The smallest absolute Gasteiger partial charge is 0.260 e. The predicted molar refractivity (Wildman–Crippen MR) is 145 cm³/mol. The number of halogens is 1. The maximum absolute atomic E-state index is 12.2. The number of hydrogen-bond donors (Lipinski definition) is 1. The number of likely N-dealkylation sites (N-methyl/N-ethyl adjacent to an activating group) is 1. The quantitative estimate of drug-likeness (QED) is 0.196. The molecule has 0 unspecified atom stereocenters. The van der Waals surface area contributed by atoms with Crippen LogP contribution in [0.1, 0.15) is 19.4 Å². The minimum absolute atomic E-state index is 0.0700. The van der Waals surface area contributed by atoms with E-state index in [9.17, 15) is 9.59 Å². The van der Waals surface area contributed by atoms with Gasteiger partial charge in [0.05, 0.1) is 24.8 Å². The van der Waals surface area contributed by atoms with Crippen LogP contribution < -0.4 is 14.9 Å². The minimum atomic E-state index is -0.249. The normalized spacial score (nSPS) is 10.9. The number of ether oxygens (including phenoxy) is 2. The lowest BCUT2D eigenvalue weighted by Gasteiger charge is -2.19. The van der Waals surface area contributed by atoms with E-state index in [4.69, 9.17) is 21.1 Å². The van der Waals surface area contributed by atoms with Gasteiger partial charge in [0.15, 0.2) is 22.4 Å². The number of aromatic nitrogens is 1. The molecule has 1 N–H and O–H groups in total. The molecule has 0 aliphatic heterocycles. The molecule has 0 fully saturated rings. The van der Waals surface area contributed by atoms with E-state index in [1.165, 1.54) is 36.4 Å². The molecule has 8 nitrogen and oxygen atoms in total. The highest BCUT2D eigenvalue weighted by atomic mass is 35.5. The molecular formula is C25H27ClN4O4S2. The van der Waals surface area contributed by atoms with Gasteiger partial charge in [-0.15, -0.1) is 11.3 Å². The Bertz CT molecular complexity index is 1200. The number of hydrazone groups is 1. The number of benzene rings is 2. The van der Waals surface area contributed by atoms with E-state index in [-0.39, 0.29) is 24.2 Å². The summed E-state index contributed by atoms with van der Waals surface area (Å²) in [6.45, 7) is 5.03. The van der Waals surface area contributed by atoms with Crippen LogP contribution in [-0.2, 0) is 9.59 Å². The molecule has 3 rings (SSSR count). The van der Waals surface area contributed by atoms with Gasteiger partial charge in [-0.2, -0.15) is 5.10 Å². The second-order valence-electron chi connectivity index (χ2n) is 7.35. The molecule has 0 bridgehead atoms. The lowest BCUT2D eigenvalue weighted by molar-refractivity contribution is -0.133. The Morgan fingerprint density at radius 3 is 2.61 bits per heavy atom. The maximum atomic E-state index is 12.2. The summed E-state index contributed by atoms with van der Waals surface area (Å²) in [6.07, 6.45) is 1.51. The van der Waals surface area contributed by atoms with E-state index >= 15 is 0 Å². The summed E-state index contributed by atoms with van der Waals surface area (Å²) in [6, 6.07) is 12.6. The molecule has 3 aromatic rings. The summed E-state index contributed by atoms with van der Waals surface area (Å²) in [5.74, 6) is 0.765. The summed E-state index contributed by atoms with van der Waals surface area (Å²) in [5.41, 5.74) is 5.03. The molecule has 0 atom stereocenters. The zero-order valence-electron chi connectivity index (χ0n) is 20.2. The van der Waals surface area contributed by atoms with Crippen LogP contribution in [0.4, 0.5) is 0 Å². The third kappa shape index (κ3) is 7.97. The molecule has 1 heterocycles. The average molecular weight is 547 g/mol. The Morgan fingerprint density at radius 1 is 1.17 bits per heavy atom. The van der Waals surface area contributed by atoms with Gasteiger partial charge in [-0.05, 0) is 49.7 Å². The van der Waals surface area contributed by atoms with Gasteiger partial charge in [-0.1, -0.05) is 35.5 Å². The van der Waals surface area contributed by atoms with E-state index in [0.29, 0.717) is 35.2 Å². The largest absolute Gasteiger partial charge is 0.493 e. The molecule has 36 heavy (non-hydrogen) atoms. The van der Waals surface area contributed by atoms with Crippen molar-refractivity contribution in [3.63, 3.8) is 0 Å². The summed E-state index contributed by atoms with van der Waals surface area (Å²) < 4.78 is 11.8. The third-order valence-electron chi connectivity index (χ3n) is 5.01. The number of thiazole rings is 1. The van der Waals surface area contributed by atoms with Crippen LogP contribution in [0.5, 0.6) is 11.5 Å². The molecule has 0 aliphatic rings. The number of nitrogens with zero attached hydrogens (tertiary/aromatic N) is 3. The van der Waals surface area contributed by atoms with Crippen molar-refractivity contribution in [2.45, 2.75) is 18.2 Å². The highest BCUT2D eigenvalue weighted by Gasteiger charge is 2.13. The molecular weight excluding hydrogens is 520 g/mol. The van der Waals surface area contributed by atoms with Crippen LogP contribution in [0.3, 0.4) is 0 Å². The molecule has 0 radical (unpaired) electrons. The molecule has 190 valence electrons. The number of amides is 2. The van der Waals surface area contributed by atoms with Gasteiger partial charge in [-0.25, -0.2) is 10.4 Å². The van der Waals surface area contributed by atoms with Gasteiger partial charge in [0.2, 0.25) is 0 Å². The Morgan fingerprint density at radius 2 is 1.92 bits per heavy atom. The van der Waals surface area contributed by atoms with Crippen molar-refractivity contribution in [1.82, 2.24) is 15.3 Å². The Labute approximate surface area is 223 Å². The van der Waals surface area contributed by atoms with E-state index in [1.807, 2.05) is 43.5 Å². The first-order valence-corrected chi connectivity index (χ1v) is 13.4. The summed E-state index contributed by atoms with van der Waals surface area (Å²) >= 11 is 8.75. The van der Waals surface area contributed by atoms with E-state index < -0.39 is 0 Å². The number of thioether (sulfide) groups is 1. The van der Waals surface area contributed by atoms with Crippen LogP contribution in [0.2, 0.25) is 5.02 Å². The van der Waals surface area contributed by atoms with Gasteiger partial charge in [-0.3, -0.25) is 9.59 Å². The summed E-state index contributed by atoms with van der Waals surface area (Å²) in [4.78, 5) is 30.6. The van der Waals surface area contributed by atoms with E-state index in [2.05, 4.69) is 15.5 Å². The van der Waals surface area contributed by atoms with Gasteiger partial charge >= 0.3 is 0 Å². The number of methoxy groups -OCH3 is 1. The topological polar surface area (TPSA) is 93.1 Å². The SMILES string of the molecule is CCN(CC)C(=O)COc1ccc(/C=N/NC(=O)CSc2nc(-c3ccc(Cl)cc3)cs2)cc1OC. The highest BCUT2D eigenvalue weighted by Crippen LogP contribution is 2.29. The average Bonchev–Trinajstić information content (AvgIpc) is 3.36. The minimum Gasteiger partial charge on any atom is -0.493 e. The molecule has 0 saturated heterocycles. The number of nitrogens with one attached hydrogen (secondary N) is 1. The Balaban J connectivity index is 1.48. The number of carbonyl (C=O) groups excluding carboxylic acids is 2. The van der Waals surface area contributed by atoms with Gasteiger partial charge in [0.25, 0.3) is 11.8 Å². The van der Waals surface area contributed by atoms with Crippen LogP contribution in [0, 0.1) is 0 Å². The molecule has 11 heteroatoms. The van der Waals surface area contributed by atoms with Crippen LogP contribution >= 0.6 is 34.7 Å². The van der Waals surface area contributed by atoms with Crippen molar-refractivity contribution in [2.24, 2.45) is 5.10 Å². The van der Waals surface area contributed by atoms with E-state index in [1.54, 1.807) is 23.1 Å². The number of hydrogen-bond acceptors (Lipinski definition) is 8. The standard InChI is InChI=1S/C25H27ClN4O4S2/c1-4-30(5-2)24(32)14-34-21-11-6-17(12-22(21)33-3)13-27-29-23(31)16-36-25-28-20(15-35-25)18-7-9-19(26)10-8-18/h6-13,15H,4-5,14,16H2,1-3H3,(H,29,31)/b27-13+. The Kier molecular flexibility index (Phi) is 10.6. The van der Waals surface area contributed by atoms with Gasteiger partial charge in [0.1, 0.15) is 0 Å². The second-order valence-corrected chi connectivity index (χ2v) is 9.87. The fourth-order valence-electron chi connectivity index (χ4n) is 3.11. The molecule has 0 aliphatic carbocycles. The Hall–Kier alpha value is -3.08. The zero-order chi connectivity index (χ0) is 25.9. The van der Waals surface area contributed by atoms with Crippen molar-refractivity contribution in [1.29, 1.82) is 0 Å². The fourth-order valence-corrected chi connectivity index (χ4v) is 4.86. The van der Waals surface area contributed by atoms with Gasteiger partial charge in [0, 0.05) is 29.1 Å². The molecule has 2 aromatic carbocycles. The van der Waals surface area contributed by atoms with Gasteiger partial charge < -0.3 is 14.4 Å². The summed E-state index contributed by atoms with van der Waals surface area (Å²) in [5, 5.41) is 6.63. The molecule has 0 spiro atoms. The van der Waals surface area contributed by atoms with Crippen molar-refractivity contribution in [3.05, 3.63) is 58.4 Å². The first-order valence-electron chi connectivity index (χ1n) is 11.2. The number of rotatable bonds is 12. The van der Waals surface area contributed by atoms with E-state index in [0.717, 1.165) is 15.6 Å². The third-order valence-corrected chi connectivity index (χ3v) is 7.28. The first-order chi connectivity index (χ1) is 17.4. The number of carbonyl (C=O) groups is 2. The van der Waals surface area contributed by atoms with Crippen LogP contribution in [-0.4, -0.2) is 60.5 Å². The lowest BCUT2D eigenvalue weighted by atomic mass is 10.2. The zero-order valence-corrected chi connectivity index (χ0v) is 22.6. The van der Waals surface area contributed by atoms with Crippen LogP contribution in [0.15, 0.2) is 57.3 Å². The molecule has 1 aromatic heterocycles. The van der Waals surface area contributed by atoms with Crippen molar-refractivity contribution >= 4 is 52.7 Å². The van der Waals surface area contributed by atoms with Crippen molar-refractivity contribution in [3.8, 4) is 22.8 Å². The monoisotopic (exact) mass is 546 g/mol. The first kappa shape index (κ1) is 27.5. The van der Waals surface area contributed by atoms with Crippen molar-refractivity contribution < 1.29 is 19.1 Å². The predicted octanol–water partition coefficient (Wildman–Crippen LogP) is 4.96. The molecule has 2 amide bonds. The fraction of sp³-hybridized carbons (Fsp3) is 0.280.